The maximum atomic E-state index is 12.0. The Kier molecular flexibility index (Phi) is 4.11. The van der Waals surface area contributed by atoms with Crippen LogP contribution < -0.4 is 0 Å². The SMILES string of the molecule is Cc1ccc(C(=O)C(=O)C(O)c2ccc(C)cc2)cc1. The molecule has 0 aliphatic rings. The third-order valence-corrected chi connectivity index (χ3v) is 3.18. The molecule has 0 aromatic heterocycles. The lowest BCUT2D eigenvalue weighted by Gasteiger charge is -2.09. The molecule has 1 N–H and O–H groups in total. The van der Waals surface area contributed by atoms with Crippen molar-refractivity contribution in [1.82, 2.24) is 0 Å². The zero-order valence-electron chi connectivity index (χ0n) is 11.5. The van der Waals surface area contributed by atoms with Crippen molar-refractivity contribution in [2.24, 2.45) is 0 Å². The van der Waals surface area contributed by atoms with Gasteiger partial charge in [0.15, 0.2) is 0 Å². The van der Waals surface area contributed by atoms with Crippen molar-refractivity contribution in [3.8, 4) is 0 Å². The van der Waals surface area contributed by atoms with Gasteiger partial charge in [-0.3, -0.25) is 9.59 Å². The van der Waals surface area contributed by atoms with Crippen LogP contribution in [0.25, 0.3) is 0 Å². The monoisotopic (exact) mass is 268 g/mol. The molecule has 0 spiro atoms. The Bertz CT molecular complexity index is 624. The molecule has 1 atom stereocenters. The molecule has 2 aromatic rings. The molecule has 0 heterocycles. The highest BCUT2D eigenvalue weighted by atomic mass is 16.3. The van der Waals surface area contributed by atoms with E-state index in [0.29, 0.717) is 11.1 Å². The van der Waals surface area contributed by atoms with Gasteiger partial charge in [-0.05, 0) is 19.4 Å². The summed E-state index contributed by atoms with van der Waals surface area (Å²) in [6.45, 7) is 3.81. The van der Waals surface area contributed by atoms with E-state index in [1.54, 1.807) is 48.5 Å². The lowest BCUT2D eigenvalue weighted by molar-refractivity contribution is -0.122. The molecule has 0 bridgehead atoms. The number of aryl methyl sites for hydroxylation is 2. The van der Waals surface area contributed by atoms with E-state index in [4.69, 9.17) is 0 Å². The van der Waals surface area contributed by atoms with Crippen LogP contribution in [0.3, 0.4) is 0 Å². The molecule has 0 saturated heterocycles. The summed E-state index contributed by atoms with van der Waals surface area (Å²) in [6, 6.07) is 13.6. The van der Waals surface area contributed by atoms with Gasteiger partial charge in [-0.15, -0.1) is 0 Å². The van der Waals surface area contributed by atoms with Crippen LogP contribution in [-0.4, -0.2) is 16.7 Å². The fourth-order valence-electron chi connectivity index (χ4n) is 1.87. The van der Waals surface area contributed by atoms with Gasteiger partial charge in [-0.2, -0.15) is 0 Å². The molecular formula is C17H16O3. The van der Waals surface area contributed by atoms with Crippen LogP contribution in [0.15, 0.2) is 48.5 Å². The molecule has 0 aliphatic heterocycles. The summed E-state index contributed by atoms with van der Waals surface area (Å²) in [5.74, 6) is -1.48. The Morgan fingerprint density at radius 3 is 1.80 bits per heavy atom. The summed E-state index contributed by atoms with van der Waals surface area (Å²) in [4.78, 5) is 24.0. The molecule has 20 heavy (non-hydrogen) atoms. The normalized spacial score (nSPS) is 11.9. The average molecular weight is 268 g/mol. The van der Waals surface area contributed by atoms with Crippen LogP contribution >= 0.6 is 0 Å². The second-order valence-electron chi connectivity index (χ2n) is 4.87. The molecule has 0 amide bonds. The van der Waals surface area contributed by atoms with E-state index >= 15 is 0 Å². The molecule has 2 rings (SSSR count). The zero-order valence-corrected chi connectivity index (χ0v) is 11.5. The first-order valence-electron chi connectivity index (χ1n) is 6.39. The van der Waals surface area contributed by atoms with E-state index in [1.165, 1.54) is 0 Å². The van der Waals surface area contributed by atoms with Crippen molar-refractivity contribution in [1.29, 1.82) is 0 Å². The number of carbonyl (C=O) groups excluding carboxylic acids is 2. The van der Waals surface area contributed by atoms with Crippen molar-refractivity contribution in [2.45, 2.75) is 20.0 Å². The van der Waals surface area contributed by atoms with Crippen LogP contribution in [0, 0.1) is 13.8 Å². The Morgan fingerprint density at radius 1 is 0.850 bits per heavy atom. The quantitative estimate of drug-likeness (QED) is 0.685. The molecular weight excluding hydrogens is 252 g/mol. The predicted octanol–water partition coefficient (Wildman–Crippen LogP) is 2.79. The molecule has 0 saturated carbocycles. The lowest BCUT2D eigenvalue weighted by Crippen LogP contribution is -2.22. The maximum absolute atomic E-state index is 12.0. The van der Waals surface area contributed by atoms with Gasteiger partial charge in [0.25, 0.3) is 0 Å². The van der Waals surface area contributed by atoms with Crippen molar-refractivity contribution in [3.05, 3.63) is 70.8 Å². The van der Waals surface area contributed by atoms with Gasteiger partial charge < -0.3 is 5.11 Å². The van der Waals surface area contributed by atoms with E-state index < -0.39 is 17.7 Å². The number of aliphatic hydroxyl groups is 1. The minimum atomic E-state index is -1.41. The highest BCUT2D eigenvalue weighted by Crippen LogP contribution is 2.17. The molecule has 0 fully saturated rings. The van der Waals surface area contributed by atoms with Gasteiger partial charge in [-0.1, -0.05) is 59.7 Å². The summed E-state index contributed by atoms with van der Waals surface area (Å²) in [7, 11) is 0. The maximum Gasteiger partial charge on any atom is 0.236 e. The van der Waals surface area contributed by atoms with Crippen LogP contribution in [-0.2, 0) is 4.79 Å². The first kappa shape index (κ1) is 14.2. The Balaban J connectivity index is 2.20. The smallest absolute Gasteiger partial charge is 0.236 e. The molecule has 3 heteroatoms. The Hall–Kier alpha value is -2.26. The number of hydrogen-bond donors (Lipinski definition) is 1. The van der Waals surface area contributed by atoms with Gasteiger partial charge in [-0.25, -0.2) is 0 Å². The first-order chi connectivity index (χ1) is 9.49. The minimum Gasteiger partial charge on any atom is -0.380 e. The third kappa shape index (κ3) is 3.00. The van der Waals surface area contributed by atoms with E-state index in [1.807, 2.05) is 13.8 Å². The topological polar surface area (TPSA) is 54.4 Å². The number of ketones is 2. The second-order valence-corrected chi connectivity index (χ2v) is 4.87. The van der Waals surface area contributed by atoms with E-state index in [-0.39, 0.29) is 0 Å². The summed E-state index contributed by atoms with van der Waals surface area (Å²) in [6.07, 6.45) is -1.41. The van der Waals surface area contributed by atoms with Crippen LogP contribution in [0.5, 0.6) is 0 Å². The standard InChI is InChI=1S/C17H16O3/c1-11-3-7-13(8-4-11)15(18)17(20)16(19)14-9-5-12(2)6-10-14/h3-10,15,18H,1-2H3. The van der Waals surface area contributed by atoms with Crippen LogP contribution in [0.1, 0.15) is 33.2 Å². The Labute approximate surface area is 117 Å². The highest BCUT2D eigenvalue weighted by molar-refractivity contribution is 6.45. The summed E-state index contributed by atoms with van der Waals surface area (Å²) >= 11 is 0. The van der Waals surface area contributed by atoms with E-state index in [0.717, 1.165) is 11.1 Å². The molecule has 0 radical (unpaired) electrons. The van der Waals surface area contributed by atoms with Crippen molar-refractivity contribution in [3.63, 3.8) is 0 Å². The number of aliphatic hydroxyl groups excluding tert-OH is 1. The molecule has 102 valence electrons. The van der Waals surface area contributed by atoms with Crippen LogP contribution in [0.2, 0.25) is 0 Å². The van der Waals surface area contributed by atoms with Crippen molar-refractivity contribution >= 4 is 11.6 Å². The first-order valence-corrected chi connectivity index (χ1v) is 6.39. The largest absolute Gasteiger partial charge is 0.380 e. The zero-order chi connectivity index (χ0) is 14.7. The summed E-state index contributed by atoms with van der Waals surface area (Å²) < 4.78 is 0. The highest BCUT2D eigenvalue weighted by Gasteiger charge is 2.25. The molecule has 3 nitrogen and oxygen atoms in total. The van der Waals surface area contributed by atoms with Gasteiger partial charge >= 0.3 is 0 Å². The van der Waals surface area contributed by atoms with Crippen molar-refractivity contribution in [2.75, 3.05) is 0 Å². The number of Topliss-reactive ketones (excluding diaryl/α,β-unsaturated/α-hetero) is 2. The lowest BCUT2D eigenvalue weighted by atomic mass is 9.98. The van der Waals surface area contributed by atoms with Crippen LogP contribution in [0.4, 0.5) is 0 Å². The fourth-order valence-corrected chi connectivity index (χ4v) is 1.87. The number of rotatable bonds is 4. The third-order valence-electron chi connectivity index (χ3n) is 3.18. The molecule has 1 unspecified atom stereocenters. The predicted molar refractivity (Wildman–Crippen MR) is 76.7 cm³/mol. The van der Waals surface area contributed by atoms with Gasteiger partial charge in [0, 0.05) is 5.56 Å². The number of benzene rings is 2. The number of carbonyl (C=O) groups is 2. The molecule has 2 aromatic carbocycles. The minimum absolute atomic E-state index is 0.298. The van der Waals surface area contributed by atoms with E-state index in [2.05, 4.69) is 0 Å². The van der Waals surface area contributed by atoms with E-state index in [9.17, 15) is 14.7 Å². The summed E-state index contributed by atoms with van der Waals surface area (Å²) in [5.41, 5.74) is 2.76. The number of hydrogen-bond acceptors (Lipinski definition) is 3. The van der Waals surface area contributed by atoms with Gasteiger partial charge in [0.2, 0.25) is 11.6 Å². The second kappa shape index (κ2) is 5.80. The summed E-state index contributed by atoms with van der Waals surface area (Å²) in [5, 5.41) is 10.00. The Morgan fingerprint density at radius 2 is 1.30 bits per heavy atom. The van der Waals surface area contributed by atoms with Gasteiger partial charge in [0.1, 0.15) is 6.10 Å². The van der Waals surface area contributed by atoms with Gasteiger partial charge in [0.05, 0.1) is 0 Å². The molecule has 0 aliphatic carbocycles. The fraction of sp³-hybridized carbons (Fsp3) is 0.176. The average Bonchev–Trinajstić information content (AvgIpc) is 2.46. The van der Waals surface area contributed by atoms with Crippen molar-refractivity contribution < 1.29 is 14.7 Å².